The molecule has 0 rings (SSSR count). The van der Waals surface area contributed by atoms with E-state index in [1.807, 2.05) is 0 Å². The number of hydrogen-bond acceptors (Lipinski definition) is 2. The van der Waals surface area contributed by atoms with Gasteiger partial charge in [-0.15, -0.1) is 0 Å². The Morgan fingerprint density at radius 2 is 2.14 bits per heavy atom. The number of rotatable bonds is 3. The molecule has 0 bridgehead atoms. The molecule has 0 aliphatic rings. The van der Waals surface area contributed by atoms with E-state index in [1.165, 1.54) is 0 Å². The molecule has 2 radical (unpaired) electrons. The van der Waals surface area contributed by atoms with Crippen molar-refractivity contribution in [1.82, 2.24) is 0 Å². The summed E-state index contributed by atoms with van der Waals surface area (Å²) in [5, 5.41) is 0. The van der Waals surface area contributed by atoms with Gasteiger partial charge in [-0.25, -0.2) is 0 Å². The Hall–Kier alpha value is -0.0800. The predicted octanol–water partition coefficient (Wildman–Crippen LogP) is 0.644. The lowest BCUT2D eigenvalue weighted by Crippen LogP contribution is -2.05. The zero-order valence-electron chi connectivity index (χ0n) is 4.52. The Kier molecular flexibility index (Phi) is 4.04. The molecule has 42 valence electrons. The highest BCUT2D eigenvalue weighted by atomic mass is 16.7. The monoisotopic (exact) mass is 102 g/mol. The molecule has 0 atom stereocenters. The zero-order chi connectivity index (χ0) is 5.70. The largest absolute Gasteiger partial charge is 0.359 e. The van der Waals surface area contributed by atoms with Gasteiger partial charge < -0.3 is 9.47 Å². The van der Waals surface area contributed by atoms with Crippen molar-refractivity contribution in [2.45, 2.75) is 6.10 Å². The highest BCUT2D eigenvalue weighted by molar-refractivity contribution is 4.58. The summed E-state index contributed by atoms with van der Waals surface area (Å²) >= 11 is 0. The summed E-state index contributed by atoms with van der Waals surface area (Å²) in [5.74, 6) is 0. The third-order valence-electron chi connectivity index (χ3n) is 0.422. The molecule has 0 aliphatic heterocycles. The number of methoxy groups -OCH3 is 1. The maximum atomic E-state index is 4.75. The van der Waals surface area contributed by atoms with Gasteiger partial charge in [0.25, 0.3) is 0 Å². The van der Waals surface area contributed by atoms with Crippen LogP contribution in [0.2, 0.25) is 0 Å². The van der Waals surface area contributed by atoms with Gasteiger partial charge in [-0.05, 0) is 13.8 Å². The fourth-order valence-corrected chi connectivity index (χ4v) is 0.164. The van der Waals surface area contributed by atoms with Crippen molar-refractivity contribution < 1.29 is 9.47 Å². The molecule has 0 N–H and O–H groups in total. The lowest BCUT2D eigenvalue weighted by molar-refractivity contribution is -0.0427. The van der Waals surface area contributed by atoms with E-state index in [-0.39, 0.29) is 12.9 Å². The van der Waals surface area contributed by atoms with Crippen molar-refractivity contribution in [3.05, 3.63) is 13.8 Å². The molecule has 0 saturated heterocycles. The summed E-state index contributed by atoms with van der Waals surface area (Å²) < 4.78 is 9.30. The maximum absolute atomic E-state index is 4.75. The van der Waals surface area contributed by atoms with Crippen LogP contribution >= 0.6 is 0 Å². The van der Waals surface area contributed by atoms with Gasteiger partial charge in [-0.3, -0.25) is 0 Å². The van der Waals surface area contributed by atoms with Crippen molar-refractivity contribution >= 4 is 0 Å². The second-order valence-electron chi connectivity index (χ2n) is 1.20. The Labute approximate surface area is 44.4 Å². The van der Waals surface area contributed by atoms with E-state index in [0.29, 0.717) is 0 Å². The van der Waals surface area contributed by atoms with E-state index < -0.39 is 0 Å². The van der Waals surface area contributed by atoms with Crippen LogP contribution in [0.25, 0.3) is 0 Å². The summed E-state index contributed by atoms with van der Waals surface area (Å²) in [4.78, 5) is 0. The molecular weight excluding hydrogens is 92.1 g/mol. The van der Waals surface area contributed by atoms with Crippen molar-refractivity contribution in [2.24, 2.45) is 0 Å². The van der Waals surface area contributed by atoms with Crippen LogP contribution in [0, 0.1) is 13.8 Å². The third kappa shape index (κ3) is 5.92. The highest BCUT2D eigenvalue weighted by Gasteiger charge is 1.87. The van der Waals surface area contributed by atoms with Gasteiger partial charge in [0.15, 0.2) is 0 Å². The fourth-order valence-electron chi connectivity index (χ4n) is 0.164. The van der Waals surface area contributed by atoms with Gasteiger partial charge in [-0.1, -0.05) is 0 Å². The van der Waals surface area contributed by atoms with Crippen molar-refractivity contribution in [3.8, 4) is 0 Å². The zero-order valence-corrected chi connectivity index (χ0v) is 4.52. The van der Waals surface area contributed by atoms with Gasteiger partial charge in [0.05, 0.1) is 6.10 Å². The minimum atomic E-state index is -0.222. The summed E-state index contributed by atoms with van der Waals surface area (Å²) in [5.41, 5.74) is 0. The molecule has 0 aliphatic carbocycles. The first-order valence-electron chi connectivity index (χ1n) is 2.04. The second kappa shape index (κ2) is 4.09. The van der Waals surface area contributed by atoms with E-state index in [9.17, 15) is 0 Å². The molecule has 2 nitrogen and oxygen atoms in total. The first-order valence-corrected chi connectivity index (χ1v) is 2.04. The Morgan fingerprint density at radius 1 is 1.57 bits per heavy atom. The highest BCUT2D eigenvalue weighted by Crippen LogP contribution is 1.83. The van der Waals surface area contributed by atoms with Crippen LogP contribution in [0.3, 0.4) is 0 Å². The molecule has 2 heteroatoms. The summed E-state index contributed by atoms with van der Waals surface area (Å²) in [6.45, 7) is 7.20. The van der Waals surface area contributed by atoms with Gasteiger partial charge >= 0.3 is 0 Å². The first-order chi connectivity index (χ1) is 3.27. The standard InChI is InChI=1S/C5H10O2/c1-5(2)7-4-6-3/h5H,1-2,4H2,3H3. The third-order valence-corrected chi connectivity index (χ3v) is 0.422. The second-order valence-corrected chi connectivity index (χ2v) is 1.20. The smallest absolute Gasteiger partial charge is 0.146 e. The van der Waals surface area contributed by atoms with Crippen molar-refractivity contribution in [2.75, 3.05) is 13.9 Å². The SMILES string of the molecule is [CH2]C([CH2])OCOC. The van der Waals surface area contributed by atoms with Crippen molar-refractivity contribution in [3.63, 3.8) is 0 Å². The van der Waals surface area contributed by atoms with Crippen LogP contribution in [0.15, 0.2) is 0 Å². The molecule has 0 aromatic carbocycles. The predicted molar refractivity (Wildman–Crippen MR) is 27.5 cm³/mol. The number of hydrogen-bond donors (Lipinski definition) is 0. The fraction of sp³-hybridized carbons (Fsp3) is 0.600. The molecule has 0 saturated carbocycles. The van der Waals surface area contributed by atoms with Gasteiger partial charge in [-0.2, -0.15) is 0 Å². The van der Waals surface area contributed by atoms with E-state index in [2.05, 4.69) is 18.6 Å². The summed E-state index contributed by atoms with van der Waals surface area (Å²) in [6, 6.07) is 0. The van der Waals surface area contributed by atoms with E-state index in [0.717, 1.165) is 0 Å². The molecule has 0 aromatic heterocycles. The van der Waals surface area contributed by atoms with Gasteiger partial charge in [0.2, 0.25) is 0 Å². The van der Waals surface area contributed by atoms with Crippen LogP contribution in [0.4, 0.5) is 0 Å². The average molecular weight is 102 g/mol. The lowest BCUT2D eigenvalue weighted by Gasteiger charge is -2.02. The van der Waals surface area contributed by atoms with E-state index in [4.69, 9.17) is 4.74 Å². The van der Waals surface area contributed by atoms with Crippen molar-refractivity contribution in [1.29, 1.82) is 0 Å². The van der Waals surface area contributed by atoms with Crippen LogP contribution < -0.4 is 0 Å². The molecule has 0 fully saturated rings. The Morgan fingerprint density at radius 3 is 2.29 bits per heavy atom. The Bertz CT molecular complexity index is 35.1. The van der Waals surface area contributed by atoms with Gasteiger partial charge in [0, 0.05) is 7.11 Å². The molecule has 0 unspecified atom stereocenters. The van der Waals surface area contributed by atoms with Crippen LogP contribution in [0.5, 0.6) is 0 Å². The lowest BCUT2D eigenvalue weighted by atomic mass is 10.5. The van der Waals surface area contributed by atoms with Gasteiger partial charge in [0.1, 0.15) is 6.79 Å². The molecule has 7 heavy (non-hydrogen) atoms. The van der Waals surface area contributed by atoms with Crippen LogP contribution in [-0.2, 0) is 9.47 Å². The normalized spacial score (nSPS) is 10.3. The Balaban J connectivity index is 2.68. The molecule has 0 spiro atoms. The first kappa shape index (κ1) is 6.92. The van der Waals surface area contributed by atoms with Crippen LogP contribution in [0.1, 0.15) is 0 Å². The molecule has 0 heterocycles. The minimum Gasteiger partial charge on any atom is -0.359 e. The average Bonchev–Trinajstić information content (AvgIpc) is 1.61. The van der Waals surface area contributed by atoms with E-state index >= 15 is 0 Å². The minimum absolute atomic E-state index is 0.222. The molecule has 0 amide bonds. The maximum Gasteiger partial charge on any atom is 0.146 e. The summed E-state index contributed by atoms with van der Waals surface area (Å²) in [6.07, 6.45) is -0.222. The quantitative estimate of drug-likeness (QED) is 0.487. The number of ether oxygens (including phenoxy) is 2. The topological polar surface area (TPSA) is 18.5 Å². The molecule has 0 aromatic rings. The molecular formula is C5H10O2. The van der Waals surface area contributed by atoms with Crippen LogP contribution in [-0.4, -0.2) is 20.0 Å². The summed E-state index contributed by atoms with van der Waals surface area (Å²) in [7, 11) is 1.56. The van der Waals surface area contributed by atoms with E-state index in [1.54, 1.807) is 7.11 Å².